The first kappa shape index (κ1) is 26.9. The number of carbonyl (C=O) groups is 2. The summed E-state index contributed by atoms with van der Waals surface area (Å²) in [6.45, 7) is 4.87. The van der Waals surface area contributed by atoms with Crippen molar-refractivity contribution in [2.45, 2.75) is 33.1 Å². The maximum Gasteiger partial charge on any atom is 0.290 e. The normalized spacial score (nSPS) is 12.6. The molecule has 0 atom stereocenters. The van der Waals surface area contributed by atoms with Crippen LogP contribution >= 0.6 is 11.8 Å². The molecule has 0 aliphatic carbocycles. The van der Waals surface area contributed by atoms with E-state index >= 15 is 0 Å². The van der Waals surface area contributed by atoms with Crippen molar-refractivity contribution in [1.82, 2.24) is 10.6 Å². The fourth-order valence-corrected chi connectivity index (χ4v) is 2.12. The molecule has 2 rings (SSSR count). The van der Waals surface area contributed by atoms with E-state index in [1.54, 1.807) is 25.2 Å². The smallest absolute Gasteiger partial charge is 0.290 e. The van der Waals surface area contributed by atoms with Gasteiger partial charge in [0.05, 0.1) is 5.70 Å². The molecule has 1 aromatic rings. The van der Waals surface area contributed by atoms with Gasteiger partial charge < -0.3 is 15.7 Å². The Labute approximate surface area is 165 Å². The molecule has 0 aromatic heterocycles. The van der Waals surface area contributed by atoms with Gasteiger partial charge in [-0.25, -0.2) is 4.39 Å². The molecule has 1 aliphatic heterocycles. The Morgan fingerprint density at radius 3 is 2.26 bits per heavy atom. The van der Waals surface area contributed by atoms with E-state index < -0.39 is 0 Å². The number of halogens is 1. The molecular formula is C19H30FN3O3S. The van der Waals surface area contributed by atoms with E-state index in [9.17, 15) is 9.18 Å². The quantitative estimate of drug-likeness (QED) is 0.399. The third kappa shape index (κ3) is 15.6. The summed E-state index contributed by atoms with van der Waals surface area (Å²) in [6, 6.07) is 7.94. The summed E-state index contributed by atoms with van der Waals surface area (Å²) >= 11 is 1.54. The molecule has 0 saturated heterocycles. The highest BCUT2D eigenvalue weighted by atomic mass is 32.2. The zero-order valence-electron chi connectivity index (χ0n) is 16.4. The molecule has 0 amide bonds. The highest BCUT2D eigenvalue weighted by Crippen LogP contribution is 2.11. The fourth-order valence-electron chi connectivity index (χ4n) is 1.71. The van der Waals surface area contributed by atoms with E-state index in [1.165, 1.54) is 30.3 Å². The van der Waals surface area contributed by atoms with Gasteiger partial charge in [-0.2, -0.15) is 0 Å². The van der Waals surface area contributed by atoms with Crippen molar-refractivity contribution in [2.24, 2.45) is 4.99 Å². The second kappa shape index (κ2) is 20.0. The van der Waals surface area contributed by atoms with Crippen LogP contribution in [-0.2, 0) is 9.59 Å². The van der Waals surface area contributed by atoms with Crippen LogP contribution in [0.3, 0.4) is 0 Å². The average Bonchev–Trinajstić information content (AvgIpc) is 2.69. The van der Waals surface area contributed by atoms with Crippen molar-refractivity contribution < 1.29 is 19.1 Å². The van der Waals surface area contributed by atoms with Gasteiger partial charge in [0.15, 0.2) is 11.5 Å². The number of nitrogens with one attached hydrogen (secondary N) is 2. The number of hydrogen-bond acceptors (Lipinski definition) is 5. The van der Waals surface area contributed by atoms with Gasteiger partial charge in [-0.05, 0) is 31.2 Å². The molecule has 6 nitrogen and oxygen atoms in total. The molecule has 1 aliphatic rings. The van der Waals surface area contributed by atoms with E-state index in [0.29, 0.717) is 5.70 Å². The topological polar surface area (TPSA) is 90.8 Å². The van der Waals surface area contributed by atoms with Crippen LogP contribution in [0.4, 0.5) is 4.39 Å². The van der Waals surface area contributed by atoms with Gasteiger partial charge in [0.1, 0.15) is 5.82 Å². The molecule has 27 heavy (non-hydrogen) atoms. The molecule has 0 bridgehead atoms. The minimum atomic E-state index is -0.250. The van der Waals surface area contributed by atoms with Crippen LogP contribution in [0.1, 0.15) is 33.1 Å². The summed E-state index contributed by atoms with van der Waals surface area (Å²) in [4.78, 5) is 23.1. The Morgan fingerprint density at radius 2 is 1.89 bits per heavy atom. The van der Waals surface area contributed by atoms with Gasteiger partial charge in [0, 0.05) is 19.3 Å². The van der Waals surface area contributed by atoms with Gasteiger partial charge >= 0.3 is 0 Å². The Bertz CT molecular complexity index is 567. The second-order valence-electron chi connectivity index (χ2n) is 5.01. The number of benzene rings is 1. The molecule has 0 unspecified atom stereocenters. The van der Waals surface area contributed by atoms with Crippen molar-refractivity contribution in [1.29, 1.82) is 0 Å². The van der Waals surface area contributed by atoms with Crippen molar-refractivity contribution >= 4 is 29.7 Å². The molecule has 1 heterocycles. The van der Waals surface area contributed by atoms with E-state index in [2.05, 4.69) is 29.5 Å². The molecule has 1 aromatic carbocycles. The van der Waals surface area contributed by atoms with Gasteiger partial charge in [0.25, 0.3) is 6.47 Å². The fraction of sp³-hybridized carbons (Fsp3) is 0.421. The van der Waals surface area contributed by atoms with Crippen molar-refractivity contribution in [3.8, 4) is 0 Å². The Hall–Kier alpha value is -2.35. The Morgan fingerprint density at radius 1 is 1.33 bits per heavy atom. The van der Waals surface area contributed by atoms with E-state index in [0.717, 1.165) is 36.5 Å². The van der Waals surface area contributed by atoms with Crippen LogP contribution in [0, 0.1) is 5.82 Å². The lowest BCUT2D eigenvalue weighted by atomic mass is 10.1. The van der Waals surface area contributed by atoms with Crippen LogP contribution in [0.5, 0.6) is 0 Å². The number of aliphatic imine (C=N–C) groups is 1. The summed E-state index contributed by atoms with van der Waals surface area (Å²) in [5.41, 5.74) is 1.60. The number of nitrogens with zero attached hydrogens (tertiary/aromatic N) is 1. The largest absolute Gasteiger partial charge is 0.483 e. The minimum Gasteiger partial charge on any atom is -0.483 e. The predicted octanol–water partition coefficient (Wildman–Crippen LogP) is 3.66. The maximum atomic E-state index is 11.9. The van der Waals surface area contributed by atoms with Gasteiger partial charge in [0.2, 0.25) is 0 Å². The van der Waals surface area contributed by atoms with Crippen molar-refractivity contribution in [3.05, 3.63) is 47.5 Å². The number of aldehydes is 1. The Balaban J connectivity index is 0. The molecule has 0 fully saturated rings. The zero-order chi connectivity index (χ0) is 20.9. The number of hydrogen-bond donors (Lipinski definition) is 3. The first-order chi connectivity index (χ1) is 13.0. The predicted molar refractivity (Wildman–Crippen MR) is 111 cm³/mol. The molecule has 8 heteroatoms. The van der Waals surface area contributed by atoms with Crippen LogP contribution in [0.15, 0.2) is 46.7 Å². The molecular weight excluding hydrogens is 369 g/mol. The highest BCUT2D eigenvalue weighted by molar-refractivity contribution is 8.13. The summed E-state index contributed by atoms with van der Waals surface area (Å²) in [7, 11) is 1.73. The van der Waals surface area contributed by atoms with E-state index in [1.807, 2.05) is 6.26 Å². The zero-order valence-corrected chi connectivity index (χ0v) is 17.2. The average molecular weight is 400 g/mol. The lowest BCUT2D eigenvalue weighted by Gasteiger charge is -2.20. The summed E-state index contributed by atoms with van der Waals surface area (Å²) in [5.74, 6) is -0.178. The van der Waals surface area contributed by atoms with Crippen molar-refractivity contribution in [3.63, 3.8) is 0 Å². The van der Waals surface area contributed by atoms with Gasteiger partial charge in [-0.1, -0.05) is 50.2 Å². The van der Waals surface area contributed by atoms with Crippen LogP contribution in [0.25, 0.3) is 0 Å². The number of amidine groups is 1. The third-order valence-corrected chi connectivity index (χ3v) is 3.42. The monoisotopic (exact) mass is 399 g/mol. The van der Waals surface area contributed by atoms with Gasteiger partial charge in [-0.3, -0.25) is 14.6 Å². The van der Waals surface area contributed by atoms with Crippen LogP contribution in [-0.4, -0.2) is 42.9 Å². The lowest BCUT2D eigenvalue weighted by molar-refractivity contribution is -0.122. The SMILES string of the molecule is CCC.CN=C(NC1=C(C=O)NCCC1)SC.Fc1ccccc1.O=CO. The molecule has 0 radical (unpaired) electrons. The summed E-state index contributed by atoms with van der Waals surface area (Å²) < 4.78 is 11.9. The first-order valence-corrected chi connectivity index (χ1v) is 9.75. The molecule has 152 valence electrons. The molecule has 0 saturated carbocycles. The minimum absolute atomic E-state index is 0.178. The third-order valence-electron chi connectivity index (χ3n) is 2.75. The number of carbonyl (C=O) groups excluding carboxylic acids is 1. The van der Waals surface area contributed by atoms with E-state index in [4.69, 9.17) is 9.90 Å². The summed E-state index contributed by atoms with van der Waals surface area (Å²) in [5, 5.41) is 13.9. The molecule has 0 spiro atoms. The van der Waals surface area contributed by atoms with Crippen LogP contribution < -0.4 is 10.6 Å². The number of allylic oxidation sites excluding steroid dienone is 2. The number of thioether (sulfide) groups is 1. The second-order valence-corrected chi connectivity index (χ2v) is 5.80. The highest BCUT2D eigenvalue weighted by Gasteiger charge is 2.12. The number of carboxylic acid groups (broad SMARTS) is 1. The standard InChI is InChI=1S/C9H15N3OS.C6H5F.C3H8.CH2O2/c1-10-9(14-2)12-7-4-3-5-11-8(7)6-13;7-6-4-2-1-3-5-6;1-3-2;2-1-3/h6,11H,3-5H2,1-2H3,(H,10,12);1-5H;3H2,1-2H3;1H,(H,2,3). The molecule has 3 N–H and O–H groups in total. The van der Waals surface area contributed by atoms with Crippen molar-refractivity contribution in [2.75, 3.05) is 19.8 Å². The van der Waals surface area contributed by atoms with E-state index in [-0.39, 0.29) is 12.3 Å². The lowest BCUT2D eigenvalue weighted by Crippen LogP contribution is -2.31. The van der Waals surface area contributed by atoms with Gasteiger partial charge in [-0.15, -0.1) is 0 Å². The van der Waals surface area contributed by atoms with Crippen LogP contribution in [0.2, 0.25) is 0 Å². The maximum absolute atomic E-state index is 11.9. The number of rotatable bonds is 2. The Kier molecular flexibility index (Phi) is 19.9. The summed E-state index contributed by atoms with van der Waals surface area (Å²) in [6.07, 6.45) is 6.01. The first-order valence-electron chi connectivity index (χ1n) is 8.52.